The van der Waals surface area contributed by atoms with Gasteiger partial charge in [0.1, 0.15) is 5.84 Å². The molecule has 0 aromatic carbocycles. The van der Waals surface area contributed by atoms with Gasteiger partial charge in [-0.2, -0.15) is 5.10 Å². The number of aromatic nitrogens is 2. The zero-order chi connectivity index (χ0) is 12.6. The van der Waals surface area contributed by atoms with Crippen LogP contribution in [0.2, 0.25) is 0 Å². The third kappa shape index (κ3) is 2.09. The molecule has 1 aromatic heterocycles. The van der Waals surface area contributed by atoms with Crippen molar-refractivity contribution < 1.29 is 0 Å². The SMILES string of the molecule is Cc1nnc(N2CCC(C)C2)c(C(=N)N)c1C. The van der Waals surface area contributed by atoms with Crippen LogP contribution in [0.5, 0.6) is 0 Å². The maximum atomic E-state index is 7.71. The van der Waals surface area contributed by atoms with E-state index in [0.717, 1.165) is 42.1 Å². The van der Waals surface area contributed by atoms with Crippen molar-refractivity contribution in [1.82, 2.24) is 10.2 Å². The summed E-state index contributed by atoms with van der Waals surface area (Å²) >= 11 is 0. The molecule has 0 radical (unpaired) electrons. The Morgan fingerprint density at radius 1 is 1.41 bits per heavy atom. The van der Waals surface area contributed by atoms with Gasteiger partial charge < -0.3 is 10.6 Å². The molecule has 1 aromatic rings. The summed E-state index contributed by atoms with van der Waals surface area (Å²) in [4.78, 5) is 2.18. The van der Waals surface area contributed by atoms with Crippen molar-refractivity contribution in [2.45, 2.75) is 27.2 Å². The lowest BCUT2D eigenvalue weighted by Crippen LogP contribution is -2.27. The van der Waals surface area contributed by atoms with Crippen molar-refractivity contribution in [3.63, 3.8) is 0 Å². The van der Waals surface area contributed by atoms with Crippen LogP contribution in [0.3, 0.4) is 0 Å². The van der Waals surface area contributed by atoms with Gasteiger partial charge in [-0.25, -0.2) is 0 Å². The van der Waals surface area contributed by atoms with Gasteiger partial charge in [0, 0.05) is 13.1 Å². The number of hydrogen-bond acceptors (Lipinski definition) is 4. The number of aryl methyl sites for hydroxylation is 1. The Hall–Kier alpha value is -1.65. The highest BCUT2D eigenvalue weighted by Gasteiger charge is 2.25. The van der Waals surface area contributed by atoms with Crippen LogP contribution < -0.4 is 10.6 Å². The molecule has 3 N–H and O–H groups in total. The van der Waals surface area contributed by atoms with E-state index in [4.69, 9.17) is 11.1 Å². The van der Waals surface area contributed by atoms with Crippen molar-refractivity contribution in [3.8, 4) is 0 Å². The summed E-state index contributed by atoms with van der Waals surface area (Å²) in [7, 11) is 0. The second-order valence-electron chi connectivity index (χ2n) is 4.86. The Bertz CT molecular complexity index is 454. The van der Waals surface area contributed by atoms with Crippen LogP contribution in [0.15, 0.2) is 0 Å². The predicted octanol–water partition coefficient (Wildman–Crippen LogP) is 1.22. The molecule has 1 aliphatic heterocycles. The summed E-state index contributed by atoms with van der Waals surface area (Å²) in [6.07, 6.45) is 1.16. The minimum atomic E-state index is 0.0788. The number of anilines is 1. The van der Waals surface area contributed by atoms with E-state index in [1.165, 1.54) is 0 Å². The van der Waals surface area contributed by atoms with Gasteiger partial charge in [-0.3, -0.25) is 5.41 Å². The zero-order valence-corrected chi connectivity index (χ0v) is 10.6. The summed E-state index contributed by atoms with van der Waals surface area (Å²) < 4.78 is 0. The molecule has 0 aliphatic carbocycles. The molecule has 0 saturated carbocycles. The summed E-state index contributed by atoms with van der Waals surface area (Å²) in [5, 5.41) is 16.1. The smallest absolute Gasteiger partial charge is 0.162 e. The zero-order valence-electron chi connectivity index (χ0n) is 10.6. The van der Waals surface area contributed by atoms with Crippen molar-refractivity contribution in [1.29, 1.82) is 5.41 Å². The topological polar surface area (TPSA) is 78.9 Å². The van der Waals surface area contributed by atoms with E-state index in [9.17, 15) is 0 Å². The molecule has 5 nitrogen and oxygen atoms in total. The van der Waals surface area contributed by atoms with Gasteiger partial charge in [0.2, 0.25) is 0 Å². The van der Waals surface area contributed by atoms with E-state index in [1.807, 2.05) is 13.8 Å². The quantitative estimate of drug-likeness (QED) is 0.594. The molecule has 1 saturated heterocycles. The van der Waals surface area contributed by atoms with Gasteiger partial charge >= 0.3 is 0 Å². The summed E-state index contributed by atoms with van der Waals surface area (Å²) in [6, 6.07) is 0. The Labute approximate surface area is 102 Å². The number of nitrogens with two attached hydrogens (primary N) is 1. The van der Waals surface area contributed by atoms with Gasteiger partial charge in [-0.15, -0.1) is 5.10 Å². The molecule has 1 atom stereocenters. The van der Waals surface area contributed by atoms with Crippen LogP contribution >= 0.6 is 0 Å². The van der Waals surface area contributed by atoms with Crippen LogP contribution in [0, 0.1) is 25.2 Å². The van der Waals surface area contributed by atoms with E-state index >= 15 is 0 Å². The maximum absolute atomic E-state index is 7.71. The molecular formula is C12H19N5. The van der Waals surface area contributed by atoms with Crippen molar-refractivity contribution in [2.24, 2.45) is 11.7 Å². The average Bonchev–Trinajstić information content (AvgIpc) is 2.68. The molecule has 2 rings (SSSR count). The van der Waals surface area contributed by atoms with E-state index in [1.54, 1.807) is 0 Å². The third-order valence-electron chi connectivity index (χ3n) is 3.43. The number of nitrogens with zero attached hydrogens (tertiary/aromatic N) is 3. The summed E-state index contributed by atoms with van der Waals surface area (Å²) in [5.41, 5.74) is 8.22. The number of rotatable bonds is 2. The first-order valence-corrected chi connectivity index (χ1v) is 5.94. The lowest BCUT2D eigenvalue weighted by Gasteiger charge is -2.21. The van der Waals surface area contributed by atoms with E-state index in [-0.39, 0.29) is 5.84 Å². The minimum Gasteiger partial charge on any atom is -0.384 e. The predicted molar refractivity (Wildman–Crippen MR) is 68.5 cm³/mol. The van der Waals surface area contributed by atoms with Crippen LogP contribution in [0.4, 0.5) is 5.82 Å². The fourth-order valence-corrected chi connectivity index (χ4v) is 2.27. The summed E-state index contributed by atoms with van der Waals surface area (Å²) in [5.74, 6) is 1.51. The fraction of sp³-hybridized carbons (Fsp3) is 0.583. The van der Waals surface area contributed by atoms with E-state index < -0.39 is 0 Å². The number of nitrogens with one attached hydrogen (secondary N) is 1. The lowest BCUT2D eigenvalue weighted by molar-refractivity contribution is 0.658. The number of amidine groups is 1. The molecule has 92 valence electrons. The van der Waals surface area contributed by atoms with Crippen LogP contribution in [-0.2, 0) is 0 Å². The molecule has 0 bridgehead atoms. The monoisotopic (exact) mass is 233 g/mol. The second-order valence-corrected chi connectivity index (χ2v) is 4.86. The van der Waals surface area contributed by atoms with Crippen molar-refractivity contribution >= 4 is 11.7 Å². The van der Waals surface area contributed by atoms with E-state index in [0.29, 0.717) is 5.92 Å². The summed E-state index contributed by atoms with van der Waals surface area (Å²) in [6.45, 7) is 8.01. The normalized spacial score (nSPS) is 19.7. The number of hydrogen-bond donors (Lipinski definition) is 2. The third-order valence-corrected chi connectivity index (χ3v) is 3.43. The van der Waals surface area contributed by atoms with Gasteiger partial charge in [-0.05, 0) is 31.7 Å². The van der Waals surface area contributed by atoms with Gasteiger partial charge in [0.05, 0.1) is 11.3 Å². The molecule has 0 spiro atoms. The average molecular weight is 233 g/mol. The minimum absolute atomic E-state index is 0.0788. The first-order valence-electron chi connectivity index (χ1n) is 5.94. The standard InChI is InChI=1S/C12H19N5/c1-7-4-5-17(6-7)12-10(11(13)14)8(2)9(3)15-16-12/h7H,4-6H2,1-3H3,(H3,13,14). The Morgan fingerprint density at radius 2 is 2.12 bits per heavy atom. The van der Waals surface area contributed by atoms with Gasteiger partial charge in [0.25, 0.3) is 0 Å². The Balaban J connectivity index is 2.47. The molecular weight excluding hydrogens is 214 g/mol. The molecule has 17 heavy (non-hydrogen) atoms. The molecule has 1 aliphatic rings. The van der Waals surface area contributed by atoms with Crippen LogP contribution in [-0.4, -0.2) is 29.1 Å². The highest BCUT2D eigenvalue weighted by molar-refractivity contribution is 6.01. The van der Waals surface area contributed by atoms with Crippen LogP contribution in [0.25, 0.3) is 0 Å². The second kappa shape index (κ2) is 4.31. The molecule has 5 heteroatoms. The highest BCUT2D eigenvalue weighted by Crippen LogP contribution is 2.26. The molecule has 2 heterocycles. The lowest BCUT2D eigenvalue weighted by atomic mass is 10.1. The number of nitrogen functional groups attached to an aromatic ring is 1. The largest absolute Gasteiger partial charge is 0.384 e. The molecule has 1 unspecified atom stereocenters. The Kier molecular flexibility index (Phi) is 3.00. The fourth-order valence-electron chi connectivity index (χ4n) is 2.27. The first-order chi connectivity index (χ1) is 8.00. The Morgan fingerprint density at radius 3 is 2.65 bits per heavy atom. The molecule has 1 fully saturated rings. The maximum Gasteiger partial charge on any atom is 0.162 e. The first kappa shape index (κ1) is 11.8. The van der Waals surface area contributed by atoms with Gasteiger partial charge in [-0.1, -0.05) is 6.92 Å². The van der Waals surface area contributed by atoms with Crippen LogP contribution in [0.1, 0.15) is 30.2 Å². The highest BCUT2D eigenvalue weighted by atomic mass is 15.3. The van der Waals surface area contributed by atoms with E-state index in [2.05, 4.69) is 22.0 Å². The molecule has 0 amide bonds. The van der Waals surface area contributed by atoms with Gasteiger partial charge in [0.15, 0.2) is 5.82 Å². The van der Waals surface area contributed by atoms with Crippen molar-refractivity contribution in [3.05, 3.63) is 16.8 Å². The van der Waals surface area contributed by atoms with Crippen molar-refractivity contribution in [2.75, 3.05) is 18.0 Å².